The summed E-state index contributed by atoms with van der Waals surface area (Å²) in [5, 5.41) is 0. The van der Waals surface area contributed by atoms with Gasteiger partial charge in [-0.1, -0.05) is 0 Å². The molecule has 1 atom stereocenters. The lowest BCUT2D eigenvalue weighted by Gasteiger charge is -2.32. The normalized spacial score (nSPS) is 19.6. The van der Waals surface area contributed by atoms with E-state index in [0.29, 0.717) is 35.4 Å². The van der Waals surface area contributed by atoms with Crippen LogP contribution in [0.25, 0.3) is 0 Å². The number of hydrogen-bond acceptors (Lipinski definition) is 6. The highest BCUT2D eigenvalue weighted by atomic mass is 79.9. The first-order chi connectivity index (χ1) is 11.6. The van der Waals surface area contributed by atoms with Crippen LogP contribution in [-0.4, -0.2) is 60.7 Å². The minimum atomic E-state index is -3.82. The first-order valence-electron chi connectivity index (χ1n) is 7.47. The summed E-state index contributed by atoms with van der Waals surface area (Å²) in [6.07, 6.45) is 2.22. The summed E-state index contributed by atoms with van der Waals surface area (Å²) in [4.78, 5) is 0.0464. The molecule has 1 fully saturated rings. The van der Waals surface area contributed by atoms with Crippen LogP contribution in [-0.2, 0) is 20.0 Å². The lowest BCUT2D eigenvalue weighted by atomic mass is 10.1. The summed E-state index contributed by atoms with van der Waals surface area (Å²) in [6, 6.07) is 2.48. The third kappa shape index (κ3) is 4.85. The molecule has 8 nitrogen and oxygen atoms in total. The second kappa shape index (κ2) is 7.78. The fourth-order valence-electron chi connectivity index (χ4n) is 2.73. The highest BCUT2D eigenvalue weighted by molar-refractivity contribution is 9.10. The molecule has 1 saturated heterocycles. The van der Waals surface area contributed by atoms with E-state index in [9.17, 15) is 16.8 Å². The van der Waals surface area contributed by atoms with Gasteiger partial charge in [0.2, 0.25) is 20.0 Å². The van der Waals surface area contributed by atoms with Crippen molar-refractivity contribution in [2.45, 2.75) is 23.8 Å². The first kappa shape index (κ1) is 20.4. The third-order valence-electron chi connectivity index (χ3n) is 3.82. The standard InChI is InChI=1S/C14H21BrN2O6S2/c1-22-12-7-11(15)14(8-13(12)23-2)25(20,21)17-6-4-5-10(9-17)16-24(3,18)19/h7-8,10,16H,4-6,9H2,1-3H3. The molecule has 1 aliphatic rings. The van der Waals surface area contributed by atoms with E-state index in [2.05, 4.69) is 20.7 Å². The van der Waals surface area contributed by atoms with Crippen molar-refractivity contribution in [1.82, 2.24) is 9.03 Å². The van der Waals surface area contributed by atoms with Gasteiger partial charge in [0.05, 0.1) is 20.5 Å². The highest BCUT2D eigenvalue weighted by Gasteiger charge is 2.33. The second-order valence-corrected chi connectivity index (χ2v) is 10.3. The van der Waals surface area contributed by atoms with Crippen molar-refractivity contribution in [2.24, 2.45) is 0 Å². The van der Waals surface area contributed by atoms with Crippen LogP contribution in [0.4, 0.5) is 0 Å². The molecule has 11 heteroatoms. The Morgan fingerprint density at radius 3 is 2.32 bits per heavy atom. The van der Waals surface area contributed by atoms with E-state index in [1.807, 2.05) is 0 Å². The SMILES string of the molecule is COc1cc(Br)c(S(=O)(=O)N2CCCC(NS(C)(=O)=O)C2)cc1OC. The summed E-state index contributed by atoms with van der Waals surface area (Å²) in [6.45, 7) is 0.404. The van der Waals surface area contributed by atoms with Gasteiger partial charge >= 0.3 is 0 Å². The molecule has 2 rings (SSSR count). The van der Waals surface area contributed by atoms with Gasteiger partial charge in [0, 0.05) is 29.7 Å². The second-order valence-electron chi connectivity index (χ2n) is 5.73. The van der Waals surface area contributed by atoms with E-state index in [0.717, 1.165) is 6.26 Å². The van der Waals surface area contributed by atoms with E-state index in [-0.39, 0.29) is 11.4 Å². The van der Waals surface area contributed by atoms with Crippen molar-refractivity contribution < 1.29 is 26.3 Å². The van der Waals surface area contributed by atoms with Crippen molar-refractivity contribution in [3.8, 4) is 11.5 Å². The molecule has 1 aromatic carbocycles. The smallest absolute Gasteiger partial charge is 0.244 e. The molecule has 1 aromatic rings. The Labute approximate surface area is 156 Å². The highest BCUT2D eigenvalue weighted by Crippen LogP contribution is 2.37. The monoisotopic (exact) mass is 456 g/mol. The van der Waals surface area contributed by atoms with Gasteiger partial charge in [-0.15, -0.1) is 0 Å². The molecule has 0 bridgehead atoms. The maximum Gasteiger partial charge on any atom is 0.244 e. The summed E-state index contributed by atoms with van der Waals surface area (Å²) in [5.41, 5.74) is 0. The van der Waals surface area contributed by atoms with E-state index >= 15 is 0 Å². The number of methoxy groups -OCH3 is 2. The lowest BCUT2D eigenvalue weighted by Crippen LogP contribution is -2.49. The van der Waals surface area contributed by atoms with Gasteiger partial charge in [0.25, 0.3) is 0 Å². The molecule has 0 aliphatic carbocycles. The van der Waals surface area contributed by atoms with Crippen molar-refractivity contribution in [3.05, 3.63) is 16.6 Å². The van der Waals surface area contributed by atoms with E-state index in [1.165, 1.54) is 30.7 Å². The fourth-order valence-corrected chi connectivity index (χ4v) is 6.05. The van der Waals surface area contributed by atoms with Crippen molar-refractivity contribution in [3.63, 3.8) is 0 Å². The molecule has 1 aliphatic heterocycles. The van der Waals surface area contributed by atoms with Crippen LogP contribution >= 0.6 is 15.9 Å². The molecule has 25 heavy (non-hydrogen) atoms. The minimum Gasteiger partial charge on any atom is -0.493 e. The van der Waals surface area contributed by atoms with Gasteiger partial charge in [0.1, 0.15) is 4.90 Å². The van der Waals surface area contributed by atoms with Gasteiger partial charge in [-0.25, -0.2) is 21.6 Å². The van der Waals surface area contributed by atoms with Crippen LogP contribution in [0.15, 0.2) is 21.5 Å². The number of nitrogens with one attached hydrogen (secondary N) is 1. The van der Waals surface area contributed by atoms with Crippen molar-refractivity contribution in [1.29, 1.82) is 0 Å². The fraction of sp³-hybridized carbons (Fsp3) is 0.571. The van der Waals surface area contributed by atoms with Gasteiger partial charge in [-0.05, 0) is 34.8 Å². The first-order valence-corrected chi connectivity index (χ1v) is 11.6. The average molecular weight is 457 g/mol. The number of nitrogens with zero attached hydrogens (tertiary/aromatic N) is 1. The Hall–Kier alpha value is -0.880. The number of halogens is 1. The number of sulfonamides is 2. The Morgan fingerprint density at radius 2 is 1.76 bits per heavy atom. The number of ether oxygens (including phenoxy) is 2. The maximum absolute atomic E-state index is 13.0. The Balaban J connectivity index is 2.35. The predicted molar refractivity (Wildman–Crippen MR) is 97.0 cm³/mol. The minimum absolute atomic E-state index is 0.0464. The van der Waals surface area contributed by atoms with Crippen LogP contribution in [0.3, 0.4) is 0 Å². The molecule has 142 valence electrons. The molecule has 0 amide bonds. The summed E-state index contributed by atoms with van der Waals surface area (Å²) in [5.74, 6) is 0.704. The topological polar surface area (TPSA) is 102 Å². The third-order valence-corrected chi connectivity index (χ3v) is 7.41. The molecular formula is C14H21BrN2O6S2. The number of piperidine rings is 1. The molecule has 1 unspecified atom stereocenters. The van der Waals surface area contributed by atoms with Crippen molar-refractivity contribution in [2.75, 3.05) is 33.6 Å². The van der Waals surface area contributed by atoms with Crippen LogP contribution in [0.5, 0.6) is 11.5 Å². The van der Waals surface area contributed by atoms with Gasteiger partial charge in [-0.2, -0.15) is 4.31 Å². The van der Waals surface area contributed by atoms with Gasteiger partial charge in [0.15, 0.2) is 11.5 Å². The zero-order valence-corrected chi connectivity index (χ0v) is 17.4. The maximum atomic E-state index is 13.0. The largest absolute Gasteiger partial charge is 0.493 e. The van der Waals surface area contributed by atoms with Crippen LogP contribution in [0.1, 0.15) is 12.8 Å². The van der Waals surface area contributed by atoms with E-state index in [1.54, 1.807) is 0 Å². The summed E-state index contributed by atoms with van der Waals surface area (Å²) in [7, 11) is -4.34. The zero-order valence-electron chi connectivity index (χ0n) is 14.2. The molecule has 0 radical (unpaired) electrons. The Bertz CT molecular complexity index is 841. The molecule has 0 saturated carbocycles. The molecule has 0 aromatic heterocycles. The number of benzene rings is 1. The Kier molecular flexibility index (Phi) is 6.36. The van der Waals surface area contributed by atoms with Crippen LogP contribution in [0, 0.1) is 0 Å². The molecular weight excluding hydrogens is 436 g/mol. The Morgan fingerprint density at radius 1 is 1.16 bits per heavy atom. The average Bonchev–Trinajstić information content (AvgIpc) is 2.52. The van der Waals surface area contributed by atoms with Gasteiger partial charge < -0.3 is 9.47 Å². The molecule has 1 heterocycles. The number of rotatable bonds is 6. The summed E-state index contributed by atoms with van der Waals surface area (Å²) < 4.78 is 63.3. The summed E-state index contributed by atoms with van der Waals surface area (Å²) >= 11 is 3.26. The predicted octanol–water partition coefficient (Wildman–Crippen LogP) is 1.17. The lowest BCUT2D eigenvalue weighted by molar-refractivity contribution is 0.303. The van der Waals surface area contributed by atoms with Crippen molar-refractivity contribution >= 4 is 36.0 Å². The molecule has 0 spiro atoms. The van der Waals surface area contributed by atoms with E-state index in [4.69, 9.17) is 9.47 Å². The van der Waals surface area contributed by atoms with Crippen LogP contribution in [0.2, 0.25) is 0 Å². The zero-order chi connectivity index (χ0) is 18.8. The van der Waals surface area contributed by atoms with Crippen LogP contribution < -0.4 is 14.2 Å². The quantitative estimate of drug-likeness (QED) is 0.688. The van der Waals surface area contributed by atoms with Gasteiger partial charge in [-0.3, -0.25) is 0 Å². The molecule has 1 N–H and O–H groups in total. The van der Waals surface area contributed by atoms with E-state index < -0.39 is 26.1 Å². The number of hydrogen-bond donors (Lipinski definition) is 1.